The summed E-state index contributed by atoms with van der Waals surface area (Å²) in [7, 11) is 0. The molecule has 0 aromatic carbocycles. The number of rotatable bonds is 1. The molecule has 1 aromatic rings. The molecule has 8 heteroatoms. The van der Waals surface area contributed by atoms with E-state index in [1.54, 1.807) is 0 Å². The largest absolute Gasteiger partial charge is 0.417 e. The first-order valence-corrected chi connectivity index (χ1v) is 5.07. The second kappa shape index (κ2) is 4.32. The third-order valence-electron chi connectivity index (χ3n) is 2.18. The molecule has 1 aromatic heterocycles. The molecule has 0 spiro atoms. The number of β-amino-alcohol motifs (C(OH)–C–C–N with tert-alkyl or cyclic N) is 1. The second-order valence-corrected chi connectivity index (χ2v) is 3.95. The maximum absolute atomic E-state index is 12.4. The van der Waals surface area contributed by atoms with Crippen molar-refractivity contribution < 1.29 is 23.1 Å². The lowest BCUT2D eigenvalue weighted by atomic mass is 10.2. The van der Waals surface area contributed by atoms with Crippen LogP contribution >= 0.6 is 11.6 Å². The van der Waals surface area contributed by atoms with Crippen molar-refractivity contribution in [2.75, 3.05) is 18.2 Å². The smallest absolute Gasteiger partial charge is 0.389 e. The maximum Gasteiger partial charge on any atom is 0.417 e. The van der Waals surface area contributed by atoms with Gasteiger partial charge in [-0.3, -0.25) is 4.84 Å². The quantitative estimate of drug-likeness (QED) is 0.845. The van der Waals surface area contributed by atoms with Gasteiger partial charge in [0.25, 0.3) is 0 Å². The number of hydroxylamine groups is 1. The van der Waals surface area contributed by atoms with Gasteiger partial charge in [0.1, 0.15) is 6.61 Å². The van der Waals surface area contributed by atoms with E-state index in [2.05, 4.69) is 4.98 Å². The lowest BCUT2D eigenvalue weighted by molar-refractivity contribution is -0.137. The Morgan fingerprint density at radius 3 is 2.71 bits per heavy atom. The number of aliphatic hydroxyl groups is 1. The van der Waals surface area contributed by atoms with E-state index >= 15 is 0 Å². The summed E-state index contributed by atoms with van der Waals surface area (Å²) in [4.78, 5) is 8.61. The van der Waals surface area contributed by atoms with Crippen LogP contribution in [0.15, 0.2) is 12.3 Å². The molecule has 0 radical (unpaired) electrons. The molecule has 0 amide bonds. The maximum atomic E-state index is 12.4. The van der Waals surface area contributed by atoms with Crippen LogP contribution in [0.3, 0.4) is 0 Å². The van der Waals surface area contributed by atoms with Crippen molar-refractivity contribution in [3.63, 3.8) is 0 Å². The number of nitrogens with zero attached hydrogens (tertiary/aromatic N) is 2. The summed E-state index contributed by atoms with van der Waals surface area (Å²) in [6, 6.07) is 0.776. The van der Waals surface area contributed by atoms with E-state index in [1.807, 2.05) is 0 Å². The van der Waals surface area contributed by atoms with E-state index in [9.17, 15) is 18.3 Å². The van der Waals surface area contributed by atoms with Crippen LogP contribution < -0.4 is 5.06 Å². The predicted molar refractivity (Wildman–Crippen MR) is 53.6 cm³/mol. The SMILES string of the molecule is O[C@H]1CON(c2ncc(C(F)(F)F)cc2Cl)C1. The van der Waals surface area contributed by atoms with Gasteiger partial charge >= 0.3 is 6.18 Å². The van der Waals surface area contributed by atoms with Gasteiger partial charge in [-0.05, 0) is 6.07 Å². The van der Waals surface area contributed by atoms with Crippen LogP contribution in [0.2, 0.25) is 5.02 Å². The summed E-state index contributed by atoms with van der Waals surface area (Å²) in [5.74, 6) is 0.0659. The Hall–Kier alpha value is -1.05. The van der Waals surface area contributed by atoms with Gasteiger partial charge in [0.05, 0.1) is 23.2 Å². The van der Waals surface area contributed by atoms with Gasteiger partial charge in [-0.2, -0.15) is 13.2 Å². The predicted octanol–water partition coefficient (Wildman–Crippen LogP) is 1.87. The first-order chi connectivity index (χ1) is 7.88. The summed E-state index contributed by atoms with van der Waals surface area (Å²) in [6.07, 6.45) is -4.51. The number of anilines is 1. The fourth-order valence-corrected chi connectivity index (χ4v) is 1.65. The lowest BCUT2D eigenvalue weighted by Gasteiger charge is -2.17. The third-order valence-corrected chi connectivity index (χ3v) is 2.46. The molecule has 1 aliphatic rings. The van der Waals surface area contributed by atoms with Gasteiger partial charge in [0.15, 0.2) is 5.82 Å². The first kappa shape index (κ1) is 12.4. The molecule has 1 aliphatic heterocycles. The average molecular weight is 269 g/mol. The highest BCUT2D eigenvalue weighted by Crippen LogP contribution is 2.34. The Morgan fingerprint density at radius 1 is 1.53 bits per heavy atom. The number of aliphatic hydroxyl groups excluding tert-OH is 1. The fraction of sp³-hybridized carbons (Fsp3) is 0.444. The van der Waals surface area contributed by atoms with E-state index in [0.717, 1.165) is 6.07 Å². The zero-order valence-electron chi connectivity index (χ0n) is 8.41. The van der Waals surface area contributed by atoms with Gasteiger partial charge in [0, 0.05) is 6.20 Å². The molecule has 1 atom stereocenters. The molecule has 1 saturated heterocycles. The van der Waals surface area contributed by atoms with Crippen LogP contribution in [0.5, 0.6) is 0 Å². The van der Waals surface area contributed by atoms with Crippen LogP contribution in [-0.4, -0.2) is 29.3 Å². The number of alkyl halides is 3. The molecule has 0 unspecified atom stereocenters. The second-order valence-electron chi connectivity index (χ2n) is 3.54. The van der Waals surface area contributed by atoms with E-state index < -0.39 is 17.8 Å². The van der Waals surface area contributed by atoms with Crippen molar-refractivity contribution in [2.24, 2.45) is 0 Å². The summed E-state index contributed by atoms with van der Waals surface area (Å²) in [5, 5.41) is 10.2. The highest BCUT2D eigenvalue weighted by molar-refractivity contribution is 6.33. The molecule has 0 bridgehead atoms. The topological polar surface area (TPSA) is 45.6 Å². The molecular weight excluding hydrogens is 261 g/mol. The van der Waals surface area contributed by atoms with Crippen molar-refractivity contribution in [3.8, 4) is 0 Å². The van der Waals surface area contributed by atoms with Crippen molar-refractivity contribution >= 4 is 17.4 Å². The number of hydrogen-bond acceptors (Lipinski definition) is 4. The Labute approximate surface area is 99.5 Å². The normalized spacial score (nSPS) is 21.0. The van der Waals surface area contributed by atoms with Gasteiger partial charge in [-0.1, -0.05) is 11.6 Å². The Kier molecular flexibility index (Phi) is 3.15. The van der Waals surface area contributed by atoms with Crippen molar-refractivity contribution in [1.29, 1.82) is 0 Å². The van der Waals surface area contributed by atoms with Crippen molar-refractivity contribution in [1.82, 2.24) is 4.98 Å². The molecule has 0 saturated carbocycles. The summed E-state index contributed by atoms with van der Waals surface area (Å²) < 4.78 is 37.1. The highest BCUT2D eigenvalue weighted by atomic mass is 35.5. The minimum Gasteiger partial charge on any atom is -0.389 e. The zero-order valence-corrected chi connectivity index (χ0v) is 9.16. The number of pyridine rings is 1. The van der Waals surface area contributed by atoms with E-state index in [-0.39, 0.29) is 24.0 Å². The van der Waals surface area contributed by atoms with Crippen molar-refractivity contribution in [2.45, 2.75) is 12.3 Å². The van der Waals surface area contributed by atoms with Gasteiger partial charge in [-0.15, -0.1) is 0 Å². The molecule has 2 rings (SSSR count). The van der Waals surface area contributed by atoms with Gasteiger partial charge in [0.2, 0.25) is 0 Å². The summed E-state index contributed by atoms with van der Waals surface area (Å²) in [6.45, 7) is 0.192. The van der Waals surface area contributed by atoms with E-state index in [0.29, 0.717) is 6.20 Å². The summed E-state index contributed by atoms with van der Waals surface area (Å²) >= 11 is 5.70. The Bertz CT molecular complexity index is 427. The number of halogens is 4. The van der Waals surface area contributed by atoms with Crippen LogP contribution in [-0.2, 0) is 11.0 Å². The monoisotopic (exact) mass is 268 g/mol. The average Bonchev–Trinajstić information content (AvgIpc) is 2.63. The molecule has 2 heterocycles. The standard InChI is InChI=1S/C9H8ClF3N2O2/c10-7-1-5(9(11,12)13)2-14-8(7)15-3-6(16)4-17-15/h1-2,6,16H,3-4H2/t6-/m1/s1. The minimum atomic E-state index is -4.49. The van der Waals surface area contributed by atoms with Gasteiger partial charge < -0.3 is 5.11 Å². The molecule has 17 heavy (non-hydrogen) atoms. The highest BCUT2D eigenvalue weighted by Gasteiger charge is 2.33. The number of aromatic nitrogens is 1. The third kappa shape index (κ3) is 2.62. The van der Waals surface area contributed by atoms with Crippen LogP contribution in [0, 0.1) is 0 Å². The molecule has 94 valence electrons. The fourth-order valence-electron chi connectivity index (χ4n) is 1.39. The Morgan fingerprint density at radius 2 is 2.24 bits per heavy atom. The minimum absolute atomic E-state index is 0.0659. The van der Waals surface area contributed by atoms with Crippen molar-refractivity contribution in [3.05, 3.63) is 22.8 Å². The number of hydrogen-bond donors (Lipinski definition) is 1. The van der Waals surface area contributed by atoms with Crippen LogP contribution in [0.1, 0.15) is 5.56 Å². The summed E-state index contributed by atoms with van der Waals surface area (Å²) in [5.41, 5.74) is -0.925. The van der Waals surface area contributed by atoms with E-state index in [4.69, 9.17) is 16.4 Å². The van der Waals surface area contributed by atoms with Crippen LogP contribution in [0.4, 0.5) is 19.0 Å². The lowest BCUT2D eigenvalue weighted by Crippen LogP contribution is -2.21. The molecular formula is C9H8ClF3N2O2. The Balaban J connectivity index is 2.26. The van der Waals surface area contributed by atoms with Gasteiger partial charge in [-0.25, -0.2) is 10.0 Å². The van der Waals surface area contributed by atoms with E-state index in [1.165, 1.54) is 5.06 Å². The molecule has 1 fully saturated rings. The molecule has 1 N–H and O–H groups in total. The molecule has 4 nitrogen and oxygen atoms in total. The molecule has 0 aliphatic carbocycles. The first-order valence-electron chi connectivity index (χ1n) is 4.69. The zero-order chi connectivity index (χ0) is 12.6. The van der Waals surface area contributed by atoms with Crippen LogP contribution in [0.25, 0.3) is 0 Å².